The van der Waals surface area contributed by atoms with E-state index in [9.17, 15) is 9.90 Å². The molecule has 0 fully saturated rings. The molecule has 0 aliphatic heterocycles. The molecule has 4 aromatic rings. The number of nitrogens with one attached hydrogen (secondary N) is 1. The van der Waals surface area contributed by atoms with Crippen LogP contribution in [0.5, 0.6) is 5.75 Å². The van der Waals surface area contributed by atoms with Gasteiger partial charge in [-0.25, -0.2) is 9.36 Å². The summed E-state index contributed by atoms with van der Waals surface area (Å²) >= 11 is 5.31. The molecule has 0 radical (unpaired) electrons. The van der Waals surface area contributed by atoms with Gasteiger partial charge in [-0.1, -0.05) is 42.5 Å². The third-order valence-electron chi connectivity index (χ3n) is 5.11. The smallest absolute Gasteiger partial charge is 0.259 e. The van der Waals surface area contributed by atoms with Gasteiger partial charge in [-0.15, -0.1) is 0 Å². The normalized spacial score (nSPS) is 11.0. The first-order valence-corrected chi connectivity index (χ1v) is 9.94. The monoisotopic (exact) mass is 419 g/mol. The highest BCUT2D eigenvalue weighted by atomic mass is 32.1. The molecule has 0 atom stereocenters. The molecular weight excluding hydrogens is 398 g/mol. The van der Waals surface area contributed by atoms with Crippen LogP contribution in [0.4, 0.5) is 5.69 Å². The number of fused-ring (bicyclic) bond motifs is 1. The lowest BCUT2D eigenvalue weighted by molar-refractivity contribution is 0.102. The van der Waals surface area contributed by atoms with E-state index < -0.39 is 0 Å². The van der Waals surface area contributed by atoms with Crippen LogP contribution in [-0.2, 0) is 20.0 Å². The Morgan fingerprint density at radius 3 is 2.50 bits per heavy atom. The summed E-state index contributed by atoms with van der Waals surface area (Å²) in [5, 5.41) is 23.2. The molecule has 0 spiro atoms. The third-order valence-corrected chi connectivity index (χ3v) is 5.59. The van der Waals surface area contributed by atoms with Gasteiger partial charge >= 0.3 is 0 Å². The number of aromatic hydroxyl groups is 1. The van der Waals surface area contributed by atoms with Crippen LogP contribution in [0.3, 0.4) is 0 Å². The van der Waals surface area contributed by atoms with Crippen molar-refractivity contribution in [3.63, 3.8) is 0 Å². The van der Waals surface area contributed by atoms with E-state index >= 15 is 0 Å². The molecule has 30 heavy (non-hydrogen) atoms. The SMILES string of the molecule is Cc1ccccc1NC(=O)c1cc(CCn2nnn(C)c2=S)c2ccccc2c1O. The molecule has 0 saturated heterocycles. The van der Waals surface area contributed by atoms with Crippen LogP contribution in [0.2, 0.25) is 0 Å². The van der Waals surface area contributed by atoms with E-state index in [-0.39, 0.29) is 17.2 Å². The zero-order chi connectivity index (χ0) is 21.3. The fourth-order valence-electron chi connectivity index (χ4n) is 3.44. The highest BCUT2D eigenvalue weighted by molar-refractivity contribution is 7.71. The van der Waals surface area contributed by atoms with Crippen molar-refractivity contribution in [3.8, 4) is 5.75 Å². The van der Waals surface area contributed by atoms with E-state index in [0.29, 0.717) is 28.8 Å². The van der Waals surface area contributed by atoms with Crippen molar-refractivity contribution >= 4 is 34.6 Å². The van der Waals surface area contributed by atoms with Crippen LogP contribution in [0.15, 0.2) is 54.6 Å². The topological polar surface area (TPSA) is 85.0 Å². The van der Waals surface area contributed by atoms with Crippen molar-refractivity contribution < 1.29 is 9.90 Å². The molecule has 0 aliphatic rings. The lowest BCUT2D eigenvalue weighted by atomic mass is 9.97. The molecule has 0 bridgehead atoms. The number of phenolic OH excluding ortho intramolecular Hbond substituents is 1. The molecule has 2 N–H and O–H groups in total. The maximum atomic E-state index is 13.0. The quantitative estimate of drug-likeness (QED) is 0.478. The zero-order valence-corrected chi connectivity index (χ0v) is 17.5. The summed E-state index contributed by atoms with van der Waals surface area (Å²) in [6, 6.07) is 16.8. The van der Waals surface area contributed by atoms with Crippen LogP contribution in [0, 0.1) is 11.7 Å². The number of para-hydroxylation sites is 1. The first-order valence-electron chi connectivity index (χ1n) is 9.53. The number of benzene rings is 3. The first kappa shape index (κ1) is 19.8. The maximum absolute atomic E-state index is 13.0. The third kappa shape index (κ3) is 3.69. The average molecular weight is 420 g/mol. The second kappa shape index (κ2) is 8.08. The van der Waals surface area contributed by atoms with Crippen molar-refractivity contribution in [2.45, 2.75) is 19.9 Å². The predicted molar refractivity (Wildman–Crippen MR) is 118 cm³/mol. The minimum absolute atomic E-state index is 0.0310. The summed E-state index contributed by atoms with van der Waals surface area (Å²) < 4.78 is 3.70. The highest BCUT2D eigenvalue weighted by Crippen LogP contribution is 2.33. The van der Waals surface area contributed by atoms with Gasteiger partial charge in [0.1, 0.15) is 5.75 Å². The Hall–Kier alpha value is -3.52. The zero-order valence-electron chi connectivity index (χ0n) is 16.7. The van der Waals surface area contributed by atoms with Crippen molar-refractivity contribution in [2.24, 2.45) is 7.05 Å². The van der Waals surface area contributed by atoms with Gasteiger partial charge in [-0.2, -0.15) is 0 Å². The number of aryl methyl sites for hydroxylation is 4. The second-order valence-corrected chi connectivity index (χ2v) is 7.47. The molecule has 0 saturated carbocycles. The van der Waals surface area contributed by atoms with Gasteiger partial charge in [0, 0.05) is 24.7 Å². The number of carbonyl (C=O) groups excluding carboxylic acids is 1. The molecule has 1 amide bonds. The summed E-state index contributed by atoms with van der Waals surface area (Å²) in [5.74, 6) is -0.388. The standard InChI is InChI=1S/C22H21N5O2S/c1-14-7-3-6-10-19(14)23-21(29)18-13-15(11-12-27-22(30)26(2)24-25-27)16-8-4-5-9-17(16)20(18)28/h3-10,13,28H,11-12H2,1-2H3,(H,23,29). The number of anilines is 1. The van der Waals surface area contributed by atoms with E-state index in [1.165, 1.54) is 4.68 Å². The molecular formula is C22H21N5O2S. The van der Waals surface area contributed by atoms with Gasteiger partial charge in [0.15, 0.2) is 0 Å². The van der Waals surface area contributed by atoms with Crippen molar-refractivity contribution in [2.75, 3.05) is 5.32 Å². The number of nitrogens with zero attached hydrogens (tertiary/aromatic N) is 4. The number of carbonyl (C=O) groups is 1. The summed E-state index contributed by atoms with van der Waals surface area (Å²) in [6.45, 7) is 2.44. The molecule has 3 aromatic carbocycles. The molecule has 1 heterocycles. The van der Waals surface area contributed by atoms with Crippen LogP contribution < -0.4 is 5.32 Å². The molecule has 0 aliphatic carbocycles. The number of hydrogen-bond acceptors (Lipinski definition) is 5. The summed E-state index contributed by atoms with van der Waals surface area (Å²) in [4.78, 5) is 13.0. The van der Waals surface area contributed by atoms with Crippen LogP contribution in [-0.4, -0.2) is 30.8 Å². The number of rotatable bonds is 5. The minimum Gasteiger partial charge on any atom is -0.506 e. The van der Waals surface area contributed by atoms with E-state index in [1.54, 1.807) is 17.8 Å². The summed E-state index contributed by atoms with van der Waals surface area (Å²) in [6.07, 6.45) is 0.582. The fourth-order valence-corrected chi connectivity index (χ4v) is 3.60. The molecule has 1 aromatic heterocycles. The van der Waals surface area contributed by atoms with Crippen molar-refractivity contribution in [1.82, 2.24) is 19.8 Å². The first-order chi connectivity index (χ1) is 14.5. The lowest BCUT2D eigenvalue weighted by Crippen LogP contribution is -2.14. The van der Waals surface area contributed by atoms with Gasteiger partial charge in [-0.3, -0.25) is 4.79 Å². The number of amides is 1. The van der Waals surface area contributed by atoms with Crippen LogP contribution in [0.1, 0.15) is 21.5 Å². The van der Waals surface area contributed by atoms with Gasteiger partial charge in [-0.05, 0) is 64.6 Å². The van der Waals surface area contributed by atoms with Crippen LogP contribution in [0.25, 0.3) is 10.8 Å². The molecule has 8 heteroatoms. The number of aromatic nitrogens is 4. The molecule has 7 nitrogen and oxygen atoms in total. The molecule has 4 rings (SSSR count). The van der Waals surface area contributed by atoms with Gasteiger partial charge < -0.3 is 10.4 Å². The minimum atomic E-state index is -0.357. The Bertz CT molecular complexity index is 1310. The Morgan fingerprint density at radius 1 is 1.10 bits per heavy atom. The van der Waals surface area contributed by atoms with Gasteiger partial charge in [0.05, 0.1) is 5.56 Å². The number of hydrogen-bond donors (Lipinski definition) is 2. The van der Waals surface area contributed by atoms with E-state index in [0.717, 1.165) is 16.5 Å². The van der Waals surface area contributed by atoms with Gasteiger partial charge in [0.25, 0.3) is 5.91 Å². The Kier molecular flexibility index (Phi) is 5.33. The van der Waals surface area contributed by atoms with E-state index in [1.807, 2.05) is 55.5 Å². The Balaban J connectivity index is 1.72. The van der Waals surface area contributed by atoms with E-state index in [4.69, 9.17) is 12.2 Å². The number of tetrazole rings is 1. The van der Waals surface area contributed by atoms with Crippen LogP contribution >= 0.6 is 12.2 Å². The van der Waals surface area contributed by atoms with E-state index in [2.05, 4.69) is 15.7 Å². The molecule has 152 valence electrons. The fraction of sp³-hybridized carbons (Fsp3) is 0.182. The maximum Gasteiger partial charge on any atom is 0.259 e. The summed E-state index contributed by atoms with van der Waals surface area (Å²) in [5.41, 5.74) is 2.81. The van der Waals surface area contributed by atoms with Crippen molar-refractivity contribution in [1.29, 1.82) is 0 Å². The highest BCUT2D eigenvalue weighted by Gasteiger charge is 2.18. The Morgan fingerprint density at radius 2 is 1.80 bits per heavy atom. The summed E-state index contributed by atoms with van der Waals surface area (Å²) in [7, 11) is 1.75. The lowest BCUT2D eigenvalue weighted by Gasteiger charge is -2.14. The second-order valence-electron chi connectivity index (χ2n) is 7.10. The largest absolute Gasteiger partial charge is 0.506 e. The Labute approximate surface area is 178 Å². The predicted octanol–water partition coefficient (Wildman–Crippen LogP) is 4.01. The van der Waals surface area contributed by atoms with Gasteiger partial charge in [0.2, 0.25) is 4.77 Å². The average Bonchev–Trinajstić information content (AvgIpc) is 3.07. The molecule has 0 unspecified atom stereocenters. The van der Waals surface area contributed by atoms with Crippen molar-refractivity contribution in [3.05, 3.63) is 76.1 Å². The number of phenols is 1.